The van der Waals surface area contributed by atoms with Gasteiger partial charge in [-0.05, 0) is 19.4 Å². The average Bonchev–Trinajstić information content (AvgIpc) is 2.86. The molecule has 2 aromatic rings. The summed E-state index contributed by atoms with van der Waals surface area (Å²) in [6, 6.07) is 10.2. The van der Waals surface area contributed by atoms with Gasteiger partial charge in [-0.15, -0.1) is 0 Å². The molecule has 0 saturated heterocycles. The monoisotopic (exact) mass is 316 g/mol. The fourth-order valence-corrected chi connectivity index (χ4v) is 2.48. The molecule has 1 aromatic carbocycles. The van der Waals surface area contributed by atoms with E-state index < -0.39 is 5.60 Å². The fourth-order valence-electron chi connectivity index (χ4n) is 2.48. The number of rotatable bonds is 6. The smallest absolute Gasteiger partial charge is 0.208 e. The highest BCUT2D eigenvalue weighted by atomic mass is 16.4. The van der Waals surface area contributed by atoms with Crippen molar-refractivity contribution >= 4 is 0 Å². The molecular weight excluding hydrogens is 288 g/mol. The number of benzene rings is 1. The lowest BCUT2D eigenvalue weighted by Crippen LogP contribution is -2.38. The maximum atomic E-state index is 10.2. The first-order chi connectivity index (χ1) is 10.6. The SMILES string of the molecule is CC(C)(O)CN(Cc1ccccc1)Cc1ncc(C(C)(C)C)o1. The van der Waals surface area contributed by atoms with Crippen LogP contribution in [0.3, 0.4) is 0 Å². The van der Waals surface area contributed by atoms with E-state index in [4.69, 9.17) is 4.42 Å². The Bertz CT molecular complexity index is 606. The lowest BCUT2D eigenvalue weighted by molar-refractivity contribution is 0.0277. The second-order valence-corrected chi connectivity index (χ2v) is 7.81. The minimum absolute atomic E-state index is 0.0498. The molecular formula is C19H28N2O2. The van der Waals surface area contributed by atoms with Crippen LogP contribution in [-0.2, 0) is 18.5 Å². The molecule has 0 amide bonds. The molecule has 2 rings (SSSR count). The van der Waals surface area contributed by atoms with Gasteiger partial charge in [0.05, 0.1) is 18.3 Å². The minimum Gasteiger partial charge on any atom is -0.444 e. The maximum Gasteiger partial charge on any atom is 0.208 e. The summed E-state index contributed by atoms with van der Waals surface area (Å²) in [6.45, 7) is 11.8. The van der Waals surface area contributed by atoms with E-state index in [1.807, 2.05) is 32.0 Å². The summed E-state index contributed by atoms with van der Waals surface area (Å²) in [5.41, 5.74) is 0.388. The van der Waals surface area contributed by atoms with Crippen molar-refractivity contribution < 1.29 is 9.52 Å². The highest BCUT2D eigenvalue weighted by molar-refractivity contribution is 5.14. The van der Waals surface area contributed by atoms with E-state index in [0.717, 1.165) is 12.3 Å². The standard InChI is InChI=1S/C19H28N2O2/c1-18(2,3)16-11-20-17(23-16)13-21(14-19(4,5)22)12-15-9-7-6-8-10-15/h6-11,22H,12-14H2,1-5H3. The van der Waals surface area contributed by atoms with Gasteiger partial charge in [-0.1, -0.05) is 51.1 Å². The highest BCUT2D eigenvalue weighted by Gasteiger charge is 2.23. The van der Waals surface area contributed by atoms with Crippen molar-refractivity contribution in [1.82, 2.24) is 9.88 Å². The Balaban J connectivity index is 2.12. The molecule has 0 spiro atoms. The van der Waals surface area contributed by atoms with E-state index in [9.17, 15) is 5.11 Å². The van der Waals surface area contributed by atoms with Gasteiger partial charge in [0.15, 0.2) is 0 Å². The summed E-state index contributed by atoms with van der Waals surface area (Å²) < 4.78 is 5.90. The van der Waals surface area contributed by atoms with Gasteiger partial charge in [0, 0.05) is 18.5 Å². The van der Waals surface area contributed by atoms with Crippen LogP contribution in [0.5, 0.6) is 0 Å². The van der Waals surface area contributed by atoms with Crippen molar-refractivity contribution in [1.29, 1.82) is 0 Å². The quantitative estimate of drug-likeness (QED) is 0.882. The van der Waals surface area contributed by atoms with Crippen molar-refractivity contribution in [2.24, 2.45) is 0 Å². The van der Waals surface area contributed by atoms with Gasteiger partial charge in [0.25, 0.3) is 0 Å². The molecule has 0 aliphatic heterocycles. The van der Waals surface area contributed by atoms with Gasteiger partial charge in [-0.2, -0.15) is 0 Å². The van der Waals surface area contributed by atoms with Crippen LogP contribution in [-0.4, -0.2) is 27.1 Å². The molecule has 0 aliphatic rings. The Kier molecular flexibility index (Phi) is 5.27. The topological polar surface area (TPSA) is 49.5 Å². The number of hydrogen-bond donors (Lipinski definition) is 1. The minimum atomic E-state index is -0.770. The predicted octanol–water partition coefficient (Wildman–Crippen LogP) is 3.75. The molecule has 1 aromatic heterocycles. The summed E-state index contributed by atoms with van der Waals surface area (Å²) in [4.78, 5) is 6.56. The summed E-state index contributed by atoms with van der Waals surface area (Å²) in [6.07, 6.45) is 1.81. The van der Waals surface area contributed by atoms with Crippen molar-refractivity contribution in [3.63, 3.8) is 0 Å². The molecule has 0 bridgehead atoms. The first kappa shape index (κ1) is 17.7. The van der Waals surface area contributed by atoms with Crippen LogP contribution in [0.15, 0.2) is 40.9 Å². The van der Waals surface area contributed by atoms with Gasteiger partial charge in [0.2, 0.25) is 5.89 Å². The molecule has 0 saturated carbocycles. The lowest BCUT2D eigenvalue weighted by Gasteiger charge is -2.28. The number of oxazole rings is 1. The van der Waals surface area contributed by atoms with E-state index in [1.54, 1.807) is 6.20 Å². The molecule has 0 aliphatic carbocycles. The van der Waals surface area contributed by atoms with E-state index in [0.29, 0.717) is 19.0 Å². The fraction of sp³-hybridized carbons (Fsp3) is 0.526. The summed E-state index contributed by atoms with van der Waals surface area (Å²) in [5.74, 6) is 1.57. The molecule has 23 heavy (non-hydrogen) atoms. The van der Waals surface area contributed by atoms with Crippen molar-refractivity contribution in [2.45, 2.75) is 58.7 Å². The zero-order chi connectivity index (χ0) is 17.1. The number of aliphatic hydroxyl groups is 1. The van der Waals surface area contributed by atoms with Crippen LogP contribution in [0.4, 0.5) is 0 Å². The number of aromatic nitrogens is 1. The number of hydrogen-bond acceptors (Lipinski definition) is 4. The van der Waals surface area contributed by atoms with Gasteiger partial charge in [-0.3, -0.25) is 4.90 Å². The van der Waals surface area contributed by atoms with Crippen LogP contribution >= 0.6 is 0 Å². The van der Waals surface area contributed by atoms with E-state index >= 15 is 0 Å². The van der Waals surface area contributed by atoms with Gasteiger partial charge in [0.1, 0.15) is 5.76 Å². The predicted molar refractivity (Wildman–Crippen MR) is 92.1 cm³/mol. The number of nitrogens with zero attached hydrogens (tertiary/aromatic N) is 2. The summed E-state index contributed by atoms with van der Waals surface area (Å²) in [5, 5.41) is 10.2. The van der Waals surface area contributed by atoms with Crippen LogP contribution in [0.2, 0.25) is 0 Å². The molecule has 0 fully saturated rings. The summed E-state index contributed by atoms with van der Waals surface area (Å²) in [7, 11) is 0. The third kappa shape index (κ3) is 5.81. The van der Waals surface area contributed by atoms with Gasteiger partial charge in [-0.25, -0.2) is 4.98 Å². The first-order valence-corrected chi connectivity index (χ1v) is 8.07. The normalized spacial score (nSPS) is 12.8. The van der Waals surface area contributed by atoms with Crippen molar-refractivity contribution in [3.8, 4) is 0 Å². The van der Waals surface area contributed by atoms with Crippen LogP contribution < -0.4 is 0 Å². The van der Waals surface area contributed by atoms with Crippen molar-refractivity contribution in [2.75, 3.05) is 6.54 Å². The highest BCUT2D eigenvalue weighted by Crippen LogP contribution is 2.23. The molecule has 1 N–H and O–H groups in total. The largest absolute Gasteiger partial charge is 0.444 e. The third-order valence-corrected chi connectivity index (χ3v) is 3.51. The first-order valence-electron chi connectivity index (χ1n) is 8.07. The Labute approximate surface area is 139 Å². The molecule has 4 nitrogen and oxygen atoms in total. The van der Waals surface area contributed by atoms with Crippen LogP contribution in [0, 0.1) is 0 Å². The molecule has 126 valence electrons. The zero-order valence-electron chi connectivity index (χ0n) is 14.8. The molecule has 0 atom stereocenters. The third-order valence-electron chi connectivity index (χ3n) is 3.51. The van der Waals surface area contributed by atoms with Gasteiger partial charge < -0.3 is 9.52 Å². The van der Waals surface area contributed by atoms with Gasteiger partial charge >= 0.3 is 0 Å². The molecule has 4 heteroatoms. The van der Waals surface area contributed by atoms with E-state index in [2.05, 4.69) is 42.8 Å². The Morgan fingerprint density at radius 1 is 1.04 bits per heavy atom. The van der Waals surface area contributed by atoms with E-state index in [-0.39, 0.29) is 5.41 Å². The Morgan fingerprint density at radius 2 is 1.70 bits per heavy atom. The van der Waals surface area contributed by atoms with Crippen molar-refractivity contribution in [3.05, 3.63) is 53.7 Å². The van der Waals surface area contributed by atoms with E-state index in [1.165, 1.54) is 5.56 Å². The molecule has 0 radical (unpaired) electrons. The van der Waals surface area contributed by atoms with Crippen LogP contribution in [0.25, 0.3) is 0 Å². The second kappa shape index (κ2) is 6.85. The van der Waals surface area contributed by atoms with Crippen LogP contribution in [0.1, 0.15) is 51.8 Å². The maximum absolute atomic E-state index is 10.2. The lowest BCUT2D eigenvalue weighted by atomic mass is 9.94. The zero-order valence-corrected chi connectivity index (χ0v) is 14.8. The second-order valence-electron chi connectivity index (χ2n) is 7.81. The molecule has 0 unspecified atom stereocenters. The molecule has 1 heterocycles. The summed E-state index contributed by atoms with van der Waals surface area (Å²) >= 11 is 0. The Hall–Kier alpha value is -1.65. The Morgan fingerprint density at radius 3 is 2.22 bits per heavy atom. The average molecular weight is 316 g/mol.